The van der Waals surface area contributed by atoms with Gasteiger partial charge in [0.15, 0.2) is 0 Å². The van der Waals surface area contributed by atoms with Crippen molar-refractivity contribution in [1.29, 1.82) is 0 Å². The fourth-order valence-electron chi connectivity index (χ4n) is 2.53. The lowest BCUT2D eigenvalue weighted by atomic mass is 10.1. The number of aromatic nitrogens is 2. The second-order valence-corrected chi connectivity index (χ2v) is 5.02. The highest BCUT2D eigenvalue weighted by Crippen LogP contribution is 2.27. The average molecular weight is 276 g/mol. The van der Waals surface area contributed by atoms with Crippen molar-refractivity contribution in [2.24, 2.45) is 0 Å². The van der Waals surface area contributed by atoms with Crippen molar-refractivity contribution < 1.29 is 0 Å². The molecule has 0 unspecified atom stereocenters. The fraction of sp³-hybridized carbons (Fsp3) is 0.111. The molecule has 0 aliphatic heterocycles. The molecule has 0 aliphatic rings. The molecule has 2 N–H and O–H groups in total. The third kappa shape index (κ3) is 2.42. The summed E-state index contributed by atoms with van der Waals surface area (Å²) in [6, 6.07) is 18.4. The van der Waals surface area contributed by atoms with E-state index in [1.807, 2.05) is 41.8 Å². The summed E-state index contributed by atoms with van der Waals surface area (Å²) in [5.74, 6) is 0.508. The van der Waals surface area contributed by atoms with E-state index in [1.165, 1.54) is 5.56 Å². The molecule has 1 radical (unpaired) electrons. The first-order valence-electron chi connectivity index (χ1n) is 6.99. The van der Waals surface area contributed by atoms with Crippen molar-refractivity contribution in [3.63, 3.8) is 0 Å². The molecule has 3 rings (SSSR count). The first kappa shape index (κ1) is 13.4. The molecule has 21 heavy (non-hydrogen) atoms. The van der Waals surface area contributed by atoms with Gasteiger partial charge in [-0.2, -0.15) is 0 Å². The number of hydrogen-bond donors (Lipinski definition) is 1. The van der Waals surface area contributed by atoms with Crippen LogP contribution in [-0.2, 0) is 6.42 Å². The van der Waals surface area contributed by atoms with Gasteiger partial charge >= 0.3 is 0 Å². The van der Waals surface area contributed by atoms with Gasteiger partial charge in [0.05, 0.1) is 5.69 Å². The largest absolute Gasteiger partial charge is 0.369 e. The molecule has 0 aliphatic carbocycles. The van der Waals surface area contributed by atoms with Crippen LogP contribution >= 0.6 is 0 Å². The van der Waals surface area contributed by atoms with Crippen LogP contribution in [0.5, 0.6) is 0 Å². The number of benzene rings is 2. The number of rotatable bonds is 3. The maximum Gasteiger partial charge on any atom is 0.205 e. The molecule has 0 bridgehead atoms. The van der Waals surface area contributed by atoms with Crippen LogP contribution in [0.1, 0.15) is 11.3 Å². The van der Waals surface area contributed by atoms with Gasteiger partial charge in [-0.1, -0.05) is 42.5 Å². The van der Waals surface area contributed by atoms with E-state index in [9.17, 15) is 0 Å². The summed E-state index contributed by atoms with van der Waals surface area (Å²) in [4.78, 5) is 4.53. The van der Waals surface area contributed by atoms with Crippen LogP contribution in [0.4, 0.5) is 5.95 Å². The van der Waals surface area contributed by atoms with Gasteiger partial charge in [0.25, 0.3) is 0 Å². The van der Waals surface area contributed by atoms with Gasteiger partial charge in [-0.05, 0) is 38.0 Å². The molecule has 0 atom stereocenters. The molecule has 3 nitrogen and oxygen atoms in total. The Morgan fingerprint density at radius 2 is 1.71 bits per heavy atom. The van der Waals surface area contributed by atoms with E-state index in [0.29, 0.717) is 5.95 Å². The highest BCUT2D eigenvalue weighted by atomic mass is 15.2. The number of hydrogen-bond acceptors (Lipinski definition) is 2. The molecule has 3 aromatic rings. The summed E-state index contributed by atoms with van der Waals surface area (Å²) in [5, 5.41) is 0. The molecule has 0 spiro atoms. The summed E-state index contributed by atoms with van der Waals surface area (Å²) < 4.78 is 1.98. The molecule has 3 heteroatoms. The summed E-state index contributed by atoms with van der Waals surface area (Å²) in [5.41, 5.74) is 11.4. The lowest BCUT2D eigenvalue weighted by Crippen LogP contribution is -2.02. The quantitative estimate of drug-likeness (QED) is 0.790. The van der Waals surface area contributed by atoms with E-state index >= 15 is 0 Å². The standard InChI is InChI=1S/C18H18N3/c1-3-14-9-11-16(12-10-14)21-13(2)17(20-18(21)19)15-7-5-4-6-8-15/h4-12H,1,3H2,2H3,(H2,19,20). The molecular formula is C18H18N3. The minimum Gasteiger partial charge on any atom is -0.369 e. The van der Waals surface area contributed by atoms with Crippen molar-refractivity contribution in [2.45, 2.75) is 13.3 Å². The second kappa shape index (κ2) is 5.44. The van der Waals surface area contributed by atoms with E-state index in [-0.39, 0.29) is 0 Å². The van der Waals surface area contributed by atoms with Crippen LogP contribution < -0.4 is 5.73 Å². The fourth-order valence-corrected chi connectivity index (χ4v) is 2.53. The van der Waals surface area contributed by atoms with Crippen LogP contribution in [0.25, 0.3) is 16.9 Å². The Morgan fingerprint density at radius 1 is 1.05 bits per heavy atom. The minimum absolute atomic E-state index is 0.508. The van der Waals surface area contributed by atoms with Gasteiger partial charge in [-0.25, -0.2) is 4.98 Å². The number of imidazole rings is 1. The normalized spacial score (nSPS) is 10.8. The Labute approximate surface area is 125 Å². The lowest BCUT2D eigenvalue weighted by Gasteiger charge is -2.08. The monoisotopic (exact) mass is 276 g/mol. The molecule has 0 saturated heterocycles. The number of nitrogen functional groups attached to an aromatic ring is 1. The van der Waals surface area contributed by atoms with Gasteiger partial charge < -0.3 is 5.73 Å². The molecule has 1 heterocycles. The highest BCUT2D eigenvalue weighted by molar-refractivity contribution is 5.65. The molecule has 1 aromatic heterocycles. The third-order valence-electron chi connectivity index (χ3n) is 3.66. The van der Waals surface area contributed by atoms with Crippen molar-refractivity contribution >= 4 is 5.95 Å². The maximum absolute atomic E-state index is 6.12. The smallest absolute Gasteiger partial charge is 0.205 e. The lowest BCUT2D eigenvalue weighted by molar-refractivity contribution is 1.02. The van der Waals surface area contributed by atoms with E-state index in [4.69, 9.17) is 5.73 Å². The Kier molecular flexibility index (Phi) is 3.48. The number of nitrogens with zero attached hydrogens (tertiary/aromatic N) is 2. The van der Waals surface area contributed by atoms with E-state index in [0.717, 1.165) is 29.1 Å². The molecule has 2 aromatic carbocycles. The highest BCUT2D eigenvalue weighted by Gasteiger charge is 2.14. The van der Waals surface area contributed by atoms with Crippen LogP contribution in [0.3, 0.4) is 0 Å². The second-order valence-electron chi connectivity index (χ2n) is 5.02. The molecular weight excluding hydrogens is 258 g/mol. The Morgan fingerprint density at radius 3 is 2.33 bits per heavy atom. The van der Waals surface area contributed by atoms with Crippen LogP contribution in [0.2, 0.25) is 0 Å². The molecule has 0 saturated carbocycles. The Bertz CT molecular complexity index is 740. The predicted molar refractivity (Wildman–Crippen MR) is 87.2 cm³/mol. The van der Waals surface area contributed by atoms with Crippen LogP contribution in [0.15, 0.2) is 54.6 Å². The van der Waals surface area contributed by atoms with Crippen molar-refractivity contribution in [3.05, 3.63) is 72.8 Å². The Hall–Kier alpha value is -2.55. The van der Waals surface area contributed by atoms with Crippen molar-refractivity contribution in [3.8, 4) is 16.9 Å². The van der Waals surface area contributed by atoms with Crippen molar-refractivity contribution in [1.82, 2.24) is 9.55 Å². The summed E-state index contributed by atoms with van der Waals surface area (Å²) in [7, 11) is 0. The van der Waals surface area contributed by atoms with Gasteiger partial charge in [0.1, 0.15) is 0 Å². The maximum atomic E-state index is 6.12. The van der Waals surface area contributed by atoms with E-state index in [2.05, 4.69) is 36.2 Å². The number of nitrogens with two attached hydrogens (primary N) is 1. The van der Waals surface area contributed by atoms with Crippen LogP contribution in [-0.4, -0.2) is 9.55 Å². The topological polar surface area (TPSA) is 43.8 Å². The summed E-state index contributed by atoms with van der Waals surface area (Å²) >= 11 is 0. The predicted octanol–water partition coefficient (Wildman–Crippen LogP) is 3.81. The van der Waals surface area contributed by atoms with Crippen molar-refractivity contribution in [2.75, 3.05) is 5.73 Å². The van der Waals surface area contributed by atoms with E-state index < -0.39 is 0 Å². The average Bonchev–Trinajstić information content (AvgIpc) is 2.83. The van der Waals surface area contributed by atoms with Gasteiger partial charge in [-0.3, -0.25) is 4.57 Å². The zero-order valence-electron chi connectivity index (χ0n) is 12.1. The Balaban J connectivity index is 2.09. The number of anilines is 1. The van der Waals surface area contributed by atoms with Gasteiger partial charge in [-0.15, -0.1) is 0 Å². The molecule has 0 amide bonds. The first-order chi connectivity index (χ1) is 10.2. The SMILES string of the molecule is [CH2]Cc1ccc(-n2c(N)nc(-c3ccccc3)c2C)cc1. The zero-order valence-corrected chi connectivity index (χ0v) is 12.1. The summed E-state index contributed by atoms with van der Waals surface area (Å²) in [6.07, 6.45) is 0.786. The van der Waals surface area contributed by atoms with Gasteiger partial charge in [0.2, 0.25) is 5.95 Å². The zero-order chi connectivity index (χ0) is 14.8. The van der Waals surface area contributed by atoms with E-state index in [1.54, 1.807) is 0 Å². The first-order valence-corrected chi connectivity index (χ1v) is 6.99. The molecule has 105 valence electrons. The molecule has 0 fully saturated rings. The minimum atomic E-state index is 0.508. The van der Waals surface area contributed by atoms with Gasteiger partial charge in [0, 0.05) is 16.9 Å². The summed E-state index contributed by atoms with van der Waals surface area (Å²) in [6.45, 7) is 5.94. The van der Waals surface area contributed by atoms with Crippen LogP contribution in [0, 0.1) is 13.8 Å². The third-order valence-corrected chi connectivity index (χ3v) is 3.66.